The van der Waals surface area contributed by atoms with Gasteiger partial charge in [0, 0.05) is 19.3 Å². The van der Waals surface area contributed by atoms with Crippen LogP contribution in [0.15, 0.2) is 9.42 Å². The van der Waals surface area contributed by atoms with Crippen molar-refractivity contribution in [3.63, 3.8) is 0 Å². The van der Waals surface area contributed by atoms with Crippen molar-refractivity contribution >= 4 is 21.5 Å². The van der Waals surface area contributed by atoms with Crippen molar-refractivity contribution in [2.45, 2.75) is 4.90 Å². The molecule has 0 amide bonds. The maximum atomic E-state index is 11.5. The predicted octanol–water partition coefficient (Wildman–Crippen LogP) is -0.503. The standard InChI is InChI=1S/C8H13N3O4S/c1-16(12,13)6-7(9)15-10-8(6)11-2-4-14-5-3-11/h2-5,9H2,1H3. The number of nitrogens with zero attached hydrogens (tertiary/aromatic N) is 2. The van der Waals surface area contributed by atoms with E-state index in [1.54, 1.807) is 4.90 Å². The van der Waals surface area contributed by atoms with Gasteiger partial charge < -0.3 is 19.9 Å². The van der Waals surface area contributed by atoms with E-state index in [0.717, 1.165) is 6.26 Å². The third-order valence-electron chi connectivity index (χ3n) is 2.34. The van der Waals surface area contributed by atoms with Gasteiger partial charge >= 0.3 is 0 Å². The van der Waals surface area contributed by atoms with Gasteiger partial charge in [-0.2, -0.15) is 0 Å². The number of hydrogen-bond acceptors (Lipinski definition) is 7. The Morgan fingerprint density at radius 1 is 1.38 bits per heavy atom. The van der Waals surface area contributed by atoms with Gasteiger partial charge in [-0.15, -0.1) is 0 Å². The molecule has 8 heteroatoms. The van der Waals surface area contributed by atoms with E-state index >= 15 is 0 Å². The molecule has 0 aliphatic carbocycles. The van der Waals surface area contributed by atoms with Crippen molar-refractivity contribution in [1.82, 2.24) is 5.16 Å². The number of morpholine rings is 1. The summed E-state index contributed by atoms with van der Waals surface area (Å²) in [5, 5.41) is 3.70. The maximum absolute atomic E-state index is 11.5. The molecule has 0 atom stereocenters. The van der Waals surface area contributed by atoms with Gasteiger partial charge in [0.25, 0.3) is 0 Å². The second kappa shape index (κ2) is 3.95. The Hall–Kier alpha value is -1.28. The van der Waals surface area contributed by atoms with E-state index in [1.807, 2.05) is 0 Å². The normalized spacial score (nSPS) is 17.7. The molecule has 90 valence electrons. The first-order valence-corrected chi connectivity index (χ1v) is 6.67. The number of ether oxygens (including phenoxy) is 1. The summed E-state index contributed by atoms with van der Waals surface area (Å²) in [6.07, 6.45) is 1.08. The topological polar surface area (TPSA) is 98.7 Å². The zero-order valence-electron chi connectivity index (χ0n) is 8.84. The van der Waals surface area contributed by atoms with E-state index in [9.17, 15) is 8.42 Å². The highest BCUT2D eigenvalue weighted by atomic mass is 32.2. The van der Waals surface area contributed by atoms with Crippen molar-refractivity contribution < 1.29 is 17.7 Å². The van der Waals surface area contributed by atoms with Gasteiger partial charge in [0.2, 0.25) is 5.88 Å². The number of rotatable bonds is 2. The van der Waals surface area contributed by atoms with Crippen molar-refractivity contribution in [3.05, 3.63) is 0 Å². The molecule has 7 nitrogen and oxygen atoms in total. The smallest absolute Gasteiger partial charge is 0.243 e. The van der Waals surface area contributed by atoms with Gasteiger partial charge in [0.05, 0.1) is 13.2 Å². The first kappa shape index (κ1) is 11.2. The van der Waals surface area contributed by atoms with Gasteiger partial charge in [0.1, 0.15) is 0 Å². The summed E-state index contributed by atoms with van der Waals surface area (Å²) >= 11 is 0. The van der Waals surface area contributed by atoms with Crippen LogP contribution in [0.1, 0.15) is 0 Å². The number of nitrogens with two attached hydrogens (primary N) is 1. The van der Waals surface area contributed by atoms with Crippen LogP contribution >= 0.6 is 0 Å². The lowest BCUT2D eigenvalue weighted by Crippen LogP contribution is -2.37. The Morgan fingerprint density at radius 3 is 2.56 bits per heavy atom. The third-order valence-corrected chi connectivity index (χ3v) is 3.46. The second-order valence-electron chi connectivity index (χ2n) is 3.57. The molecule has 0 spiro atoms. The molecule has 1 saturated heterocycles. The Kier molecular flexibility index (Phi) is 2.76. The first-order valence-electron chi connectivity index (χ1n) is 4.78. The van der Waals surface area contributed by atoms with Crippen LogP contribution in [-0.2, 0) is 14.6 Å². The average molecular weight is 247 g/mol. The Balaban J connectivity index is 2.41. The molecule has 0 unspecified atom stereocenters. The quantitative estimate of drug-likeness (QED) is 0.751. The minimum absolute atomic E-state index is 0.0330. The molecule has 2 rings (SSSR count). The summed E-state index contributed by atoms with van der Waals surface area (Å²) in [4.78, 5) is 1.76. The maximum Gasteiger partial charge on any atom is 0.243 e. The molecule has 1 aromatic heterocycles. The van der Waals surface area contributed by atoms with E-state index in [-0.39, 0.29) is 16.6 Å². The van der Waals surface area contributed by atoms with Crippen LogP contribution in [0.3, 0.4) is 0 Å². The van der Waals surface area contributed by atoms with Crippen LogP contribution in [0.25, 0.3) is 0 Å². The van der Waals surface area contributed by atoms with Crippen LogP contribution in [-0.4, -0.2) is 46.1 Å². The van der Waals surface area contributed by atoms with E-state index in [2.05, 4.69) is 5.16 Å². The lowest BCUT2D eigenvalue weighted by Gasteiger charge is -2.26. The van der Waals surface area contributed by atoms with Crippen molar-refractivity contribution in [1.29, 1.82) is 0 Å². The highest BCUT2D eigenvalue weighted by Crippen LogP contribution is 2.30. The largest absolute Gasteiger partial charge is 0.378 e. The minimum Gasteiger partial charge on any atom is -0.378 e. The molecule has 2 heterocycles. The summed E-state index contributed by atoms with van der Waals surface area (Å²) in [7, 11) is -3.43. The number of anilines is 2. The second-order valence-corrected chi connectivity index (χ2v) is 5.52. The van der Waals surface area contributed by atoms with Gasteiger partial charge in [0.15, 0.2) is 20.6 Å². The number of aromatic nitrogens is 1. The molecular weight excluding hydrogens is 234 g/mol. The fourth-order valence-electron chi connectivity index (χ4n) is 1.61. The lowest BCUT2D eigenvalue weighted by molar-refractivity contribution is 0.122. The van der Waals surface area contributed by atoms with Gasteiger partial charge in [-0.3, -0.25) is 0 Å². The fourth-order valence-corrected chi connectivity index (χ4v) is 2.51. The average Bonchev–Trinajstić information content (AvgIpc) is 2.61. The molecule has 2 N–H and O–H groups in total. The highest BCUT2D eigenvalue weighted by Gasteiger charge is 2.28. The predicted molar refractivity (Wildman–Crippen MR) is 57.1 cm³/mol. The van der Waals surface area contributed by atoms with E-state index < -0.39 is 9.84 Å². The summed E-state index contributed by atoms with van der Waals surface area (Å²) in [5.41, 5.74) is 5.47. The summed E-state index contributed by atoms with van der Waals surface area (Å²) in [5.74, 6) is 0.118. The molecule has 1 fully saturated rings. The molecule has 0 bridgehead atoms. The molecule has 1 aliphatic heterocycles. The Labute approximate surface area is 93.1 Å². The number of sulfone groups is 1. The van der Waals surface area contributed by atoms with Crippen LogP contribution in [0.2, 0.25) is 0 Å². The van der Waals surface area contributed by atoms with Crippen molar-refractivity contribution in [2.75, 3.05) is 43.2 Å². The van der Waals surface area contributed by atoms with E-state index in [0.29, 0.717) is 26.3 Å². The van der Waals surface area contributed by atoms with Gasteiger partial charge in [-0.05, 0) is 0 Å². The molecule has 0 saturated carbocycles. The summed E-state index contributed by atoms with van der Waals surface area (Å²) in [6.45, 7) is 2.23. The Bertz CT molecular complexity index is 475. The molecule has 0 radical (unpaired) electrons. The molecule has 1 aromatic rings. The Morgan fingerprint density at radius 2 is 2.00 bits per heavy atom. The van der Waals surface area contributed by atoms with Crippen molar-refractivity contribution in [2.24, 2.45) is 0 Å². The van der Waals surface area contributed by atoms with Crippen molar-refractivity contribution in [3.8, 4) is 0 Å². The van der Waals surface area contributed by atoms with Crippen LogP contribution < -0.4 is 10.6 Å². The monoisotopic (exact) mass is 247 g/mol. The van der Waals surface area contributed by atoms with Crippen LogP contribution in [0, 0.1) is 0 Å². The number of nitrogen functional groups attached to an aromatic ring is 1. The van der Waals surface area contributed by atoms with Crippen LogP contribution in [0.5, 0.6) is 0 Å². The molecule has 16 heavy (non-hydrogen) atoms. The van der Waals surface area contributed by atoms with E-state index in [1.165, 1.54) is 0 Å². The highest BCUT2D eigenvalue weighted by molar-refractivity contribution is 7.91. The van der Waals surface area contributed by atoms with Crippen LogP contribution in [0.4, 0.5) is 11.7 Å². The van der Waals surface area contributed by atoms with Gasteiger partial charge in [-0.25, -0.2) is 8.42 Å². The third kappa shape index (κ3) is 1.98. The minimum atomic E-state index is -3.43. The number of hydrogen-bond donors (Lipinski definition) is 1. The fraction of sp³-hybridized carbons (Fsp3) is 0.625. The zero-order chi connectivity index (χ0) is 11.8. The lowest BCUT2D eigenvalue weighted by atomic mass is 10.4. The molecule has 1 aliphatic rings. The summed E-state index contributed by atoms with van der Waals surface area (Å²) in [6, 6.07) is 0. The molecule has 0 aromatic carbocycles. The zero-order valence-corrected chi connectivity index (χ0v) is 9.66. The first-order chi connectivity index (χ1) is 7.50. The summed E-state index contributed by atoms with van der Waals surface area (Å²) < 4.78 is 33.0. The van der Waals surface area contributed by atoms with E-state index in [4.69, 9.17) is 15.0 Å². The van der Waals surface area contributed by atoms with Gasteiger partial charge in [-0.1, -0.05) is 5.16 Å². The molecular formula is C8H13N3O4S. The SMILES string of the molecule is CS(=O)(=O)c1c(N2CCOCC2)noc1N.